The fraction of sp³-hybridized carbons (Fsp3) is 0.167. The van der Waals surface area contributed by atoms with Crippen molar-refractivity contribution in [2.45, 2.75) is 6.92 Å². The summed E-state index contributed by atoms with van der Waals surface area (Å²) in [4.78, 5) is 12.4. The lowest BCUT2D eigenvalue weighted by Crippen LogP contribution is -2.07. The Labute approximate surface area is 144 Å². The van der Waals surface area contributed by atoms with Gasteiger partial charge in [-0.25, -0.2) is 4.79 Å². The highest BCUT2D eigenvalue weighted by molar-refractivity contribution is 7.86. The molecule has 0 atom stereocenters. The summed E-state index contributed by atoms with van der Waals surface area (Å²) >= 11 is 0. The van der Waals surface area contributed by atoms with Crippen molar-refractivity contribution < 1.29 is 21.8 Å². The molecular weight excluding hydrogens is 344 g/mol. The van der Waals surface area contributed by atoms with Crippen LogP contribution in [-0.4, -0.2) is 21.8 Å². The average molecular weight is 360 g/mol. The molecule has 25 heavy (non-hydrogen) atoms. The molecule has 0 N–H and O–H groups in total. The molecule has 0 aliphatic heterocycles. The number of fused-ring (bicyclic) bond motifs is 1. The molecule has 0 radical (unpaired) electrons. The van der Waals surface area contributed by atoms with E-state index in [1.807, 2.05) is 6.92 Å². The highest BCUT2D eigenvalue weighted by Crippen LogP contribution is 2.30. The molecule has 0 fully saturated rings. The standard InChI is InChI=1S/C18H16O6S/c1-11-15-9-8-14(24-25(3,20)21)10-16(15)23-18(19)17(11)12-4-6-13(22-2)7-5-12/h4-10H,1-3H3. The van der Waals surface area contributed by atoms with Gasteiger partial charge in [0.1, 0.15) is 17.1 Å². The Bertz CT molecular complexity index is 1090. The molecule has 0 saturated heterocycles. The number of aryl methyl sites for hydroxylation is 1. The van der Waals surface area contributed by atoms with Crippen molar-refractivity contribution in [3.8, 4) is 22.6 Å². The summed E-state index contributed by atoms with van der Waals surface area (Å²) in [6, 6.07) is 11.7. The largest absolute Gasteiger partial charge is 0.497 e. The van der Waals surface area contributed by atoms with Crippen molar-refractivity contribution >= 4 is 21.1 Å². The van der Waals surface area contributed by atoms with Crippen LogP contribution in [0.4, 0.5) is 0 Å². The molecular formula is C18H16O6S. The molecule has 0 unspecified atom stereocenters. The summed E-state index contributed by atoms with van der Waals surface area (Å²) in [5, 5.41) is 0.700. The van der Waals surface area contributed by atoms with Gasteiger partial charge in [-0.2, -0.15) is 8.42 Å². The first-order valence-corrected chi connectivity index (χ1v) is 9.21. The van der Waals surface area contributed by atoms with Gasteiger partial charge >= 0.3 is 15.7 Å². The fourth-order valence-corrected chi connectivity index (χ4v) is 3.11. The smallest absolute Gasteiger partial charge is 0.344 e. The summed E-state index contributed by atoms with van der Waals surface area (Å²) in [6.45, 7) is 1.82. The van der Waals surface area contributed by atoms with Gasteiger partial charge in [0.2, 0.25) is 0 Å². The van der Waals surface area contributed by atoms with E-state index in [0.717, 1.165) is 11.8 Å². The Hall–Kier alpha value is -2.80. The molecule has 0 saturated carbocycles. The molecule has 6 nitrogen and oxygen atoms in total. The van der Waals surface area contributed by atoms with Crippen LogP contribution in [0.15, 0.2) is 51.7 Å². The number of rotatable bonds is 4. The quantitative estimate of drug-likeness (QED) is 0.525. The Morgan fingerprint density at radius 1 is 1.00 bits per heavy atom. The lowest BCUT2D eigenvalue weighted by molar-refractivity contribution is 0.415. The number of benzene rings is 2. The van der Waals surface area contributed by atoms with E-state index in [1.165, 1.54) is 12.1 Å². The van der Waals surface area contributed by atoms with Gasteiger partial charge < -0.3 is 13.3 Å². The van der Waals surface area contributed by atoms with Gasteiger partial charge in [0.05, 0.1) is 18.9 Å². The maximum Gasteiger partial charge on any atom is 0.344 e. The molecule has 0 aliphatic rings. The van der Waals surface area contributed by atoms with Gasteiger partial charge in [0, 0.05) is 11.5 Å². The lowest BCUT2D eigenvalue weighted by Gasteiger charge is -2.10. The van der Waals surface area contributed by atoms with E-state index in [-0.39, 0.29) is 11.3 Å². The minimum atomic E-state index is -3.66. The van der Waals surface area contributed by atoms with Crippen LogP contribution in [0, 0.1) is 6.92 Å². The van der Waals surface area contributed by atoms with Gasteiger partial charge in [-0.3, -0.25) is 0 Å². The zero-order valence-corrected chi connectivity index (χ0v) is 14.7. The van der Waals surface area contributed by atoms with Crippen molar-refractivity contribution in [1.82, 2.24) is 0 Å². The third-order valence-corrected chi connectivity index (χ3v) is 4.26. The van der Waals surface area contributed by atoms with Crippen LogP contribution in [0.5, 0.6) is 11.5 Å². The molecule has 0 spiro atoms. The van der Waals surface area contributed by atoms with Gasteiger partial charge in [0.25, 0.3) is 0 Å². The maximum absolute atomic E-state index is 12.4. The third-order valence-electron chi connectivity index (χ3n) is 3.77. The van der Waals surface area contributed by atoms with Gasteiger partial charge in [-0.1, -0.05) is 12.1 Å². The van der Waals surface area contributed by atoms with Crippen LogP contribution in [-0.2, 0) is 10.1 Å². The second-order valence-electron chi connectivity index (χ2n) is 5.56. The second-order valence-corrected chi connectivity index (χ2v) is 7.14. The van der Waals surface area contributed by atoms with Gasteiger partial charge in [0.15, 0.2) is 0 Å². The highest BCUT2D eigenvalue weighted by Gasteiger charge is 2.15. The van der Waals surface area contributed by atoms with E-state index in [1.54, 1.807) is 37.4 Å². The van der Waals surface area contributed by atoms with Crippen LogP contribution in [0.25, 0.3) is 22.1 Å². The molecule has 3 aromatic rings. The zero-order valence-electron chi connectivity index (χ0n) is 13.9. The number of hydrogen-bond acceptors (Lipinski definition) is 6. The van der Waals surface area contributed by atoms with E-state index >= 15 is 0 Å². The first kappa shape index (κ1) is 17.0. The highest BCUT2D eigenvalue weighted by atomic mass is 32.2. The minimum absolute atomic E-state index is 0.0924. The van der Waals surface area contributed by atoms with E-state index in [2.05, 4.69) is 0 Å². The number of hydrogen-bond donors (Lipinski definition) is 0. The van der Waals surface area contributed by atoms with Crippen molar-refractivity contribution in [2.75, 3.05) is 13.4 Å². The zero-order chi connectivity index (χ0) is 18.2. The van der Waals surface area contributed by atoms with Crippen LogP contribution in [0.2, 0.25) is 0 Å². The molecule has 130 valence electrons. The van der Waals surface area contributed by atoms with E-state index in [4.69, 9.17) is 13.3 Å². The molecule has 2 aromatic carbocycles. The van der Waals surface area contributed by atoms with Gasteiger partial charge in [-0.15, -0.1) is 0 Å². The molecule has 0 aliphatic carbocycles. The number of ether oxygens (including phenoxy) is 1. The van der Waals surface area contributed by atoms with Crippen LogP contribution >= 0.6 is 0 Å². The first-order chi connectivity index (χ1) is 11.8. The topological polar surface area (TPSA) is 82.8 Å². The summed E-state index contributed by atoms with van der Waals surface area (Å²) in [6.07, 6.45) is 0.950. The fourth-order valence-electron chi connectivity index (χ4n) is 2.65. The predicted octanol–water partition coefficient (Wildman–Crippen LogP) is 3.12. The van der Waals surface area contributed by atoms with Crippen LogP contribution < -0.4 is 14.5 Å². The van der Waals surface area contributed by atoms with Crippen molar-refractivity contribution in [1.29, 1.82) is 0 Å². The Morgan fingerprint density at radius 2 is 1.64 bits per heavy atom. The SMILES string of the molecule is COc1ccc(-c2c(C)c3ccc(OS(C)(=O)=O)cc3oc2=O)cc1. The predicted molar refractivity (Wildman–Crippen MR) is 94.7 cm³/mol. The Morgan fingerprint density at radius 3 is 2.24 bits per heavy atom. The summed E-state index contributed by atoms with van der Waals surface area (Å²) in [5.74, 6) is 0.781. The Kier molecular flexibility index (Phi) is 4.26. The van der Waals surface area contributed by atoms with Crippen LogP contribution in [0.3, 0.4) is 0 Å². The third kappa shape index (κ3) is 3.51. The van der Waals surface area contributed by atoms with E-state index in [9.17, 15) is 13.2 Å². The summed E-state index contributed by atoms with van der Waals surface area (Å²) < 4.78 is 37.8. The molecule has 0 bridgehead atoms. The van der Waals surface area contributed by atoms with Crippen molar-refractivity contribution in [3.63, 3.8) is 0 Å². The van der Waals surface area contributed by atoms with Crippen molar-refractivity contribution in [2.24, 2.45) is 0 Å². The molecule has 7 heteroatoms. The first-order valence-electron chi connectivity index (χ1n) is 7.40. The molecule has 3 rings (SSSR count). The Balaban J connectivity index is 2.15. The molecule has 0 amide bonds. The monoisotopic (exact) mass is 360 g/mol. The maximum atomic E-state index is 12.4. The van der Waals surface area contributed by atoms with E-state index < -0.39 is 15.7 Å². The summed E-state index contributed by atoms with van der Waals surface area (Å²) in [7, 11) is -2.09. The summed E-state index contributed by atoms with van der Waals surface area (Å²) in [5.41, 5.74) is 1.66. The van der Waals surface area contributed by atoms with E-state index in [0.29, 0.717) is 22.3 Å². The minimum Gasteiger partial charge on any atom is -0.497 e. The molecule has 1 aromatic heterocycles. The molecule has 1 heterocycles. The average Bonchev–Trinajstić information content (AvgIpc) is 2.53. The second kappa shape index (κ2) is 6.25. The lowest BCUT2D eigenvalue weighted by atomic mass is 9.99. The normalized spacial score (nSPS) is 11.5. The van der Waals surface area contributed by atoms with Crippen LogP contribution in [0.1, 0.15) is 5.56 Å². The van der Waals surface area contributed by atoms with Crippen molar-refractivity contribution in [3.05, 3.63) is 58.4 Å². The number of methoxy groups -OCH3 is 1. The van der Waals surface area contributed by atoms with Gasteiger partial charge in [-0.05, 0) is 42.3 Å².